The number of aromatic nitrogens is 2. The Bertz CT molecular complexity index is 1250. The Labute approximate surface area is 194 Å². The Morgan fingerprint density at radius 3 is 2.53 bits per heavy atom. The molecule has 4 rings (SSSR count). The maximum Gasteiger partial charge on any atom is 0.310 e. The van der Waals surface area contributed by atoms with Crippen LogP contribution in [0.4, 0.5) is 8.78 Å². The number of hydrogen-bond acceptors (Lipinski definition) is 5. The maximum absolute atomic E-state index is 13.6. The van der Waals surface area contributed by atoms with E-state index < -0.39 is 17.6 Å². The average Bonchev–Trinajstić information content (AvgIpc) is 3.19. The third kappa shape index (κ3) is 5.92. The SMILES string of the molecule is O=C(Cc1cccc(Cc2nn(-c3cc(F)cc(F)c3)ccc2=O)c1)OCCN1CCCC1=O. The number of carbonyl (C=O) groups is 2. The van der Waals surface area contributed by atoms with Crippen molar-refractivity contribution in [2.24, 2.45) is 0 Å². The number of nitrogens with zero attached hydrogens (tertiary/aromatic N) is 3. The minimum absolute atomic E-state index is 0.0524. The zero-order valence-corrected chi connectivity index (χ0v) is 18.4. The summed E-state index contributed by atoms with van der Waals surface area (Å²) in [5.74, 6) is -1.82. The summed E-state index contributed by atoms with van der Waals surface area (Å²) >= 11 is 0. The number of ether oxygens (including phenoxy) is 1. The molecule has 0 aliphatic carbocycles. The van der Waals surface area contributed by atoms with Gasteiger partial charge in [0.2, 0.25) is 11.3 Å². The van der Waals surface area contributed by atoms with Gasteiger partial charge < -0.3 is 9.64 Å². The normalized spacial score (nSPS) is 13.4. The first-order valence-corrected chi connectivity index (χ1v) is 10.9. The largest absolute Gasteiger partial charge is 0.464 e. The lowest BCUT2D eigenvalue weighted by molar-refractivity contribution is -0.144. The smallest absolute Gasteiger partial charge is 0.310 e. The number of amides is 1. The lowest BCUT2D eigenvalue weighted by Crippen LogP contribution is -2.29. The van der Waals surface area contributed by atoms with Crippen molar-refractivity contribution < 1.29 is 23.1 Å². The van der Waals surface area contributed by atoms with Gasteiger partial charge in [0, 0.05) is 37.7 Å². The minimum atomic E-state index is -0.747. The molecule has 0 unspecified atom stereocenters. The summed E-state index contributed by atoms with van der Waals surface area (Å²) in [5.41, 5.74) is 1.51. The van der Waals surface area contributed by atoms with Crippen molar-refractivity contribution in [2.45, 2.75) is 25.7 Å². The number of carbonyl (C=O) groups excluding carboxylic acids is 2. The number of halogens is 2. The van der Waals surface area contributed by atoms with Crippen LogP contribution in [0.3, 0.4) is 0 Å². The van der Waals surface area contributed by atoms with Crippen molar-refractivity contribution in [3.05, 3.63) is 93.4 Å². The zero-order valence-electron chi connectivity index (χ0n) is 18.4. The Kier molecular flexibility index (Phi) is 7.10. The molecule has 0 atom stereocenters. The molecule has 1 saturated heterocycles. The monoisotopic (exact) mass is 467 g/mol. The number of rotatable bonds is 8. The molecule has 2 aromatic carbocycles. The third-order valence-electron chi connectivity index (χ3n) is 5.50. The van der Waals surface area contributed by atoms with E-state index in [-0.39, 0.29) is 42.2 Å². The predicted octanol–water partition coefficient (Wildman–Crippen LogP) is 2.81. The molecule has 9 heteroatoms. The standard InChI is InChI=1S/C25H23F2N3O4/c26-19-14-20(27)16-21(15-19)30-8-6-23(31)22(28-30)12-17-3-1-4-18(11-17)13-25(33)34-10-9-29-7-2-5-24(29)32/h1,3-4,6,8,11,14-16H,2,5,7,9-10,12-13H2. The van der Waals surface area contributed by atoms with Gasteiger partial charge >= 0.3 is 5.97 Å². The second kappa shape index (κ2) is 10.4. The summed E-state index contributed by atoms with van der Waals surface area (Å²) in [6, 6.07) is 11.4. The molecule has 1 aliphatic rings. The zero-order chi connectivity index (χ0) is 24.1. The molecule has 0 radical (unpaired) electrons. The fourth-order valence-corrected chi connectivity index (χ4v) is 3.86. The highest BCUT2D eigenvalue weighted by Crippen LogP contribution is 2.14. The van der Waals surface area contributed by atoms with Crippen molar-refractivity contribution in [3.8, 4) is 5.69 Å². The summed E-state index contributed by atoms with van der Waals surface area (Å²) in [6.45, 7) is 1.24. The van der Waals surface area contributed by atoms with Crippen molar-refractivity contribution >= 4 is 11.9 Å². The van der Waals surface area contributed by atoms with Gasteiger partial charge in [-0.3, -0.25) is 14.4 Å². The molecule has 0 spiro atoms. The molecule has 0 saturated carbocycles. The van der Waals surface area contributed by atoms with Gasteiger partial charge in [0.1, 0.15) is 23.9 Å². The molecule has 176 valence electrons. The molecule has 1 aliphatic heterocycles. The second-order valence-electron chi connectivity index (χ2n) is 8.08. The fraction of sp³-hybridized carbons (Fsp3) is 0.280. The van der Waals surface area contributed by atoms with Crippen molar-refractivity contribution in [3.63, 3.8) is 0 Å². The molecule has 1 fully saturated rings. The fourth-order valence-electron chi connectivity index (χ4n) is 3.86. The summed E-state index contributed by atoms with van der Waals surface area (Å²) in [4.78, 5) is 37.8. The van der Waals surface area contributed by atoms with Gasteiger partial charge in [0.05, 0.1) is 18.7 Å². The third-order valence-corrected chi connectivity index (χ3v) is 5.50. The van der Waals surface area contributed by atoms with Gasteiger partial charge in [0.15, 0.2) is 0 Å². The van der Waals surface area contributed by atoms with Crippen LogP contribution in [0.2, 0.25) is 0 Å². The van der Waals surface area contributed by atoms with E-state index in [4.69, 9.17) is 4.74 Å². The number of esters is 1. The summed E-state index contributed by atoms with van der Waals surface area (Å²) in [7, 11) is 0. The van der Waals surface area contributed by atoms with Crippen LogP contribution in [0.5, 0.6) is 0 Å². The van der Waals surface area contributed by atoms with Gasteiger partial charge in [0.25, 0.3) is 0 Å². The molecule has 1 aromatic heterocycles. The van der Waals surface area contributed by atoms with E-state index in [2.05, 4.69) is 5.10 Å². The molecule has 7 nitrogen and oxygen atoms in total. The molecule has 2 heterocycles. The highest BCUT2D eigenvalue weighted by atomic mass is 19.1. The Morgan fingerprint density at radius 1 is 1.03 bits per heavy atom. The van der Waals surface area contributed by atoms with E-state index >= 15 is 0 Å². The molecule has 0 bridgehead atoms. The van der Waals surface area contributed by atoms with Gasteiger partial charge in [-0.2, -0.15) is 5.10 Å². The highest BCUT2D eigenvalue weighted by molar-refractivity contribution is 5.78. The predicted molar refractivity (Wildman–Crippen MR) is 119 cm³/mol. The van der Waals surface area contributed by atoms with Crippen LogP contribution in [0.15, 0.2) is 59.5 Å². The van der Waals surface area contributed by atoms with Crippen molar-refractivity contribution in [2.75, 3.05) is 19.7 Å². The molecular formula is C25H23F2N3O4. The maximum atomic E-state index is 13.6. The molecule has 0 N–H and O–H groups in total. The van der Waals surface area contributed by atoms with Gasteiger partial charge in [-0.15, -0.1) is 0 Å². The van der Waals surface area contributed by atoms with Crippen LogP contribution in [0, 0.1) is 11.6 Å². The van der Waals surface area contributed by atoms with E-state index in [0.717, 1.165) is 30.2 Å². The van der Waals surface area contributed by atoms with E-state index in [0.29, 0.717) is 25.1 Å². The minimum Gasteiger partial charge on any atom is -0.464 e. The molecular weight excluding hydrogens is 444 g/mol. The van der Waals surface area contributed by atoms with Gasteiger partial charge in [-0.1, -0.05) is 24.3 Å². The molecule has 1 amide bonds. The van der Waals surface area contributed by atoms with Crippen molar-refractivity contribution in [1.82, 2.24) is 14.7 Å². The van der Waals surface area contributed by atoms with Crippen LogP contribution in [0.1, 0.15) is 29.7 Å². The first-order valence-electron chi connectivity index (χ1n) is 10.9. The van der Waals surface area contributed by atoms with Crippen LogP contribution < -0.4 is 5.43 Å². The number of likely N-dealkylation sites (tertiary alicyclic amines) is 1. The van der Waals surface area contributed by atoms with E-state index in [1.807, 2.05) is 0 Å². The quantitative estimate of drug-likeness (QED) is 0.476. The van der Waals surface area contributed by atoms with E-state index in [1.165, 1.54) is 16.9 Å². The second-order valence-corrected chi connectivity index (χ2v) is 8.08. The molecule has 3 aromatic rings. The first kappa shape index (κ1) is 23.3. The van der Waals surface area contributed by atoms with Gasteiger partial charge in [-0.25, -0.2) is 13.5 Å². The highest BCUT2D eigenvalue weighted by Gasteiger charge is 2.20. The Morgan fingerprint density at radius 2 is 1.79 bits per heavy atom. The number of hydrogen-bond donors (Lipinski definition) is 0. The lowest BCUT2D eigenvalue weighted by atomic mass is 10.0. The van der Waals surface area contributed by atoms with Crippen LogP contribution in [-0.2, 0) is 27.2 Å². The van der Waals surface area contributed by atoms with Crippen LogP contribution in [-0.4, -0.2) is 46.3 Å². The Balaban J connectivity index is 1.40. The lowest BCUT2D eigenvalue weighted by Gasteiger charge is -2.15. The first-order chi connectivity index (χ1) is 16.4. The van der Waals surface area contributed by atoms with E-state index in [1.54, 1.807) is 29.2 Å². The topological polar surface area (TPSA) is 81.5 Å². The molecule has 34 heavy (non-hydrogen) atoms. The Hall–Kier alpha value is -3.88. The summed E-state index contributed by atoms with van der Waals surface area (Å²) < 4.78 is 33.6. The van der Waals surface area contributed by atoms with Crippen LogP contribution >= 0.6 is 0 Å². The van der Waals surface area contributed by atoms with Gasteiger partial charge in [-0.05, 0) is 29.7 Å². The van der Waals surface area contributed by atoms with Crippen LogP contribution in [0.25, 0.3) is 5.69 Å². The summed E-state index contributed by atoms with van der Waals surface area (Å²) in [5, 5.41) is 4.24. The summed E-state index contributed by atoms with van der Waals surface area (Å²) in [6.07, 6.45) is 2.96. The van der Waals surface area contributed by atoms with Crippen molar-refractivity contribution in [1.29, 1.82) is 0 Å². The van der Waals surface area contributed by atoms with E-state index in [9.17, 15) is 23.2 Å². The number of benzene rings is 2. The average molecular weight is 467 g/mol.